The van der Waals surface area contributed by atoms with Crippen molar-refractivity contribution in [2.24, 2.45) is 0 Å². The largest absolute Gasteiger partial charge is 0.398 e. The Kier molecular flexibility index (Phi) is 2.41. The topological polar surface area (TPSA) is 26.0 Å². The Bertz CT molecular complexity index is 235. The molecule has 0 heterocycles. The van der Waals surface area contributed by atoms with Crippen molar-refractivity contribution < 1.29 is 0 Å². The highest BCUT2D eigenvalue weighted by atomic mass is 35.5. The molecule has 0 amide bonds. The van der Waals surface area contributed by atoms with Crippen LogP contribution in [0.2, 0.25) is 5.02 Å². The number of rotatable bonds is 1. The molecule has 0 aliphatic carbocycles. The van der Waals surface area contributed by atoms with Gasteiger partial charge in [0.1, 0.15) is 0 Å². The predicted molar refractivity (Wildman–Crippen MR) is 45.4 cm³/mol. The highest BCUT2D eigenvalue weighted by Crippen LogP contribution is 2.18. The number of hydrogen-bond donors (Lipinski definition) is 1. The quantitative estimate of drug-likeness (QED) is 0.516. The lowest BCUT2D eigenvalue weighted by atomic mass is 10.2. The first-order valence-corrected chi connectivity index (χ1v) is 3.75. The lowest BCUT2D eigenvalue weighted by Gasteiger charge is -2.00. The zero-order valence-electron chi connectivity index (χ0n) is 5.27. The van der Waals surface area contributed by atoms with E-state index in [1.807, 2.05) is 0 Å². The van der Waals surface area contributed by atoms with E-state index in [1.165, 1.54) is 0 Å². The second-order valence-electron chi connectivity index (χ2n) is 1.98. The van der Waals surface area contributed by atoms with Gasteiger partial charge in [-0.2, -0.15) is 0 Å². The number of anilines is 1. The maximum Gasteiger partial charge on any atom is 0.0494 e. The van der Waals surface area contributed by atoms with Crippen LogP contribution >= 0.6 is 23.2 Å². The highest BCUT2D eigenvalue weighted by molar-refractivity contribution is 6.30. The molecule has 0 saturated heterocycles. The highest BCUT2D eigenvalue weighted by Gasteiger charge is 1.96. The summed E-state index contributed by atoms with van der Waals surface area (Å²) >= 11 is 11.2. The fourth-order valence-electron chi connectivity index (χ4n) is 0.690. The summed E-state index contributed by atoms with van der Waals surface area (Å²) in [5.74, 6) is 0.409. The zero-order valence-corrected chi connectivity index (χ0v) is 6.78. The van der Waals surface area contributed by atoms with Crippen LogP contribution in [0.5, 0.6) is 0 Å². The Labute approximate surface area is 69.7 Å². The molecule has 1 aromatic rings. The Morgan fingerprint density at radius 1 is 1.40 bits per heavy atom. The minimum Gasteiger partial charge on any atom is -0.398 e. The molecule has 0 aliphatic rings. The van der Waals surface area contributed by atoms with Crippen molar-refractivity contribution in [2.45, 2.75) is 5.88 Å². The molecule has 0 aliphatic heterocycles. The molecule has 1 rings (SSSR count). The number of halogens is 2. The molecule has 0 unspecified atom stereocenters. The second-order valence-corrected chi connectivity index (χ2v) is 2.68. The van der Waals surface area contributed by atoms with Gasteiger partial charge in [-0.25, -0.2) is 0 Å². The standard InChI is InChI=1S/C7H7Cl2N/c8-4-5-3-6(9)1-2-7(5)10/h1-3H,4,10H2. The maximum atomic E-state index is 5.68. The molecule has 3 heteroatoms. The molecule has 0 spiro atoms. The fourth-order valence-corrected chi connectivity index (χ4v) is 1.12. The van der Waals surface area contributed by atoms with E-state index in [-0.39, 0.29) is 0 Å². The van der Waals surface area contributed by atoms with Gasteiger partial charge in [-0.3, -0.25) is 0 Å². The number of alkyl halides is 1. The number of benzene rings is 1. The molecule has 0 bridgehead atoms. The van der Waals surface area contributed by atoms with Crippen molar-refractivity contribution in [1.82, 2.24) is 0 Å². The third kappa shape index (κ3) is 1.55. The van der Waals surface area contributed by atoms with Crippen molar-refractivity contribution >= 4 is 28.9 Å². The summed E-state index contributed by atoms with van der Waals surface area (Å²) < 4.78 is 0. The molecule has 0 aromatic heterocycles. The van der Waals surface area contributed by atoms with Crippen LogP contribution < -0.4 is 5.73 Å². The SMILES string of the molecule is Nc1ccc(Cl)cc1CCl. The molecule has 2 N–H and O–H groups in total. The number of nitrogens with two attached hydrogens (primary N) is 1. The van der Waals surface area contributed by atoms with E-state index in [9.17, 15) is 0 Å². The molecule has 1 nitrogen and oxygen atoms in total. The molecular weight excluding hydrogens is 169 g/mol. The molecular formula is C7H7Cl2N. The van der Waals surface area contributed by atoms with E-state index in [1.54, 1.807) is 18.2 Å². The van der Waals surface area contributed by atoms with E-state index in [2.05, 4.69) is 0 Å². The Morgan fingerprint density at radius 3 is 2.60 bits per heavy atom. The first kappa shape index (κ1) is 7.70. The Balaban J connectivity index is 3.09. The summed E-state index contributed by atoms with van der Waals surface area (Å²) in [6, 6.07) is 5.26. The van der Waals surface area contributed by atoms with Crippen LogP contribution in [0.1, 0.15) is 5.56 Å². The van der Waals surface area contributed by atoms with Crippen LogP contribution in [0, 0.1) is 0 Å². The van der Waals surface area contributed by atoms with Gasteiger partial charge < -0.3 is 5.73 Å². The van der Waals surface area contributed by atoms with E-state index in [0.29, 0.717) is 16.6 Å². The minimum atomic E-state index is 0.409. The molecule has 0 saturated carbocycles. The summed E-state index contributed by atoms with van der Waals surface area (Å²) in [6.45, 7) is 0. The van der Waals surface area contributed by atoms with Gasteiger partial charge in [0.05, 0.1) is 0 Å². The van der Waals surface area contributed by atoms with E-state index >= 15 is 0 Å². The molecule has 0 radical (unpaired) electrons. The van der Waals surface area contributed by atoms with Crippen LogP contribution in [0.4, 0.5) is 5.69 Å². The second kappa shape index (κ2) is 3.13. The Morgan fingerprint density at radius 2 is 2.10 bits per heavy atom. The third-order valence-electron chi connectivity index (χ3n) is 1.25. The van der Waals surface area contributed by atoms with Gasteiger partial charge in [0.15, 0.2) is 0 Å². The minimum absolute atomic E-state index is 0.409. The summed E-state index contributed by atoms with van der Waals surface area (Å²) in [7, 11) is 0. The zero-order chi connectivity index (χ0) is 7.56. The van der Waals surface area contributed by atoms with Crippen LogP contribution in [-0.4, -0.2) is 0 Å². The molecule has 10 heavy (non-hydrogen) atoms. The van der Waals surface area contributed by atoms with Gasteiger partial charge >= 0.3 is 0 Å². The van der Waals surface area contributed by atoms with Crippen LogP contribution in [0.15, 0.2) is 18.2 Å². The van der Waals surface area contributed by atoms with E-state index < -0.39 is 0 Å². The average molecular weight is 176 g/mol. The van der Waals surface area contributed by atoms with Crippen LogP contribution in [0.25, 0.3) is 0 Å². The third-order valence-corrected chi connectivity index (χ3v) is 1.77. The van der Waals surface area contributed by atoms with E-state index in [0.717, 1.165) is 5.56 Å². The first-order valence-electron chi connectivity index (χ1n) is 2.84. The normalized spacial score (nSPS) is 9.80. The fraction of sp³-hybridized carbons (Fsp3) is 0.143. The summed E-state index contributed by atoms with van der Waals surface area (Å²) in [6.07, 6.45) is 0. The Hall–Kier alpha value is -0.400. The summed E-state index contributed by atoms with van der Waals surface area (Å²) in [5.41, 5.74) is 7.13. The molecule has 0 fully saturated rings. The van der Waals surface area contributed by atoms with Gasteiger partial charge in [0.2, 0.25) is 0 Å². The van der Waals surface area contributed by atoms with Crippen LogP contribution in [-0.2, 0) is 5.88 Å². The van der Waals surface area contributed by atoms with Gasteiger partial charge in [-0.15, -0.1) is 11.6 Å². The lowest BCUT2D eigenvalue weighted by molar-refractivity contribution is 1.41. The number of hydrogen-bond acceptors (Lipinski definition) is 1. The summed E-state index contributed by atoms with van der Waals surface area (Å²) in [5, 5.41) is 0.671. The van der Waals surface area contributed by atoms with Gasteiger partial charge in [0.25, 0.3) is 0 Å². The molecule has 0 atom stereocenters. The monoisotopic (exact) mass is 175 g/mol. The van der Waals surface area contributed by atoms with Crippen molar-refractivity contribution in [3.63, 3.8) is 0 Å². The molecule has 1 aromatic carbocycles. The van der Waals surface area contributed by atoms with Gasteiger partial charge in [0, 0.05) is 16.6 Å². The first-order chi connectivity index (χ1) is 4.74. The average Bonchev–Trinajstić information content (AvgIpc) is 1.94. The van der Waals surface area contributed by atoms with Crippen molar-refractivity contribution in [2.75, 3.05) is 5.73 Å². The van der Waals surface area contributed by atoms with Crippen molar-refractivity contribution in [3.05, 3.63) is 28.8 Å². The van der Waals surface area contributed by atoms with Gasteiger partial charge in [-0.1, -0.05) is 11.6 Å². The van der Waals surface area contributed by atoms with Crippen LogP contribution in [0.3, 0.4) is 0 Å². The molecule has 54 valence electrons. The smallest absolute Gasteiger partial charge is 0.0494 e. The van der Waals surface area contributed by atoms with Crippen molar-refractivity contribution in [3.8, 4) is 0 Å². The number of nitrogen functional groups attached to an aromatic ring is 1. The van der Waals surface area contributed by atoms with E-state index in [4.69, 9.17) is 28.9 Å². The summed E-state index contributed by atoms with van der Waals surface area (Å²) in [4.78, 5) is 0. The lowest BCUT2D eigenvalue weighted by Crippen LogP contribution is -1.90. The van der Waals surface area contributed by atoms with Gasteiger partial charge in [-0.05, 0) is 23.8 Å². The van der Waals surface area contributed by atoms with Crippen molar-refractivity contribution in [1.29, 1.82) is 0 Å². The predicted octanol–water partition coefficient (Wildman–Crippen LogP) is 2.66. The maximum absolute atomic E-state index is 5.68.